The molecule has 2 heterocycles. The van der Waals surface area contributed by atoms with Crippen LogP contribution in [0, 0.1) is 0 Å². The molecule has 120 valence electrons. The third kappa shape index (κ3) is 4.07. The van der Waals surface area contributed by atoms with Crippen molar-refractivity contribution in [3.63, 3.8) is 0 Å². The van der Waals surface area contributed by atoms with E-state index in [2.05, 4.69) is 15.4 Å². The summed E-state index contributed by atoms with van der Waals surface area (Å²) in [5.41, 5.74) is 1.09. The zero-order chi connectivity index (χ0) is 16.3. The molecule has 0 aliphatic rings. The van der Waals surface area contributed by atoms with E-state index >= 15 is 0 Å². The Morgan fingerprint density at radius 1 is 1.41 bits per heavy atom. The van der Waals surface area contributed by atoms with Crippen molar-refractivity contribution >= 4 is 23.2 Å². The Kier molecular flexibility index (Phi) is 4.50. The first-order valence-corrected chi connectivity index (χ1v) is 6.39. The number of anilines is 2. The van der Waals surface area contributed by atoms with Gasteiger partial charge >= 0.3 is 12.1 Å². The second-order valence-corrected chi connectivity index (χ2v) is 4.84. The fraction of sp³-hybridized carbons (Fsp3) is 0.417. The molecule has 2 aromatic rings. The number of nitrogens with zero attached hydrogens (tertiary/aromatic N) is 4. The second kappa shape index (κ2) is 6.18. The van der Waals surface area contributed by atoms with Crippen molar-refractivity contribution in [2.45, 2.75) is 6.18 Å². The molecule has 22 heavy (non-hydrogen) atoms. The average Bonchev–Trinajstić information content (AvgIpc) is 2.78. The molecule has 0 radical (unpaired) electrons. The summed E-state index contributed by atoms with van der Waals surface area (Å²) in [6.07, 6.45) is -3.43. The predicted octanol–water partition coefficient (Wildman–Crippen LogP) is 1.20. The van der Waals surface area contributed by atoms with Crippen molar-refractivity contribution in [2.24, 2.45) is 0 Å². The number of amides is 1. The Morgan fingerprint density at radius 2 is 2.14 bits per heavy atom. The monoisotopic (exact) mass is 316 g/mol. The van der Waals surface area contributed by atoms with Crippen LogP contribution in [0.4, 0.5) is 24.8 Å². The molecule has 1 amide bonds. The van der Waals surface area contributed by atoms with Gasteiger partial charge in [0.05, 0.1) is 0 Å². The molecular formula is C12H15F3N6O. The van der Waals surface area contributed by atoms with Gasteiger partial charge in [-0.3, -0.25) is 10.1 Å². The highest BCUT2D eigenvalue weighted by Gasteiger charge is 2.39. The Balaban J connectivity index is 2.09. The van der Waals surface area contributed by atoms with E-state index in [1.165, 1.54) is 4.52 Å². The molecule has 7 nitrogen and oxygen atoms in total. The van der Waals surface area contributed by atoms with Crippen molar-refractivity contribution in [2.75, 3.05) is 37.8 Å². The van der Waals surface area contributed by atoms with Gasteiger partial charge in [0.25, 0.3) is 0 Å². The minimum Gasteiger partial charge on any atom is -0.384 e. The van der Waals surface area contributed by atoms with Gasteiger partial charge in [-0.15, -0.1) is 5.10 Å². The summed E-state index contributed by atoms with van der Waals surface area (Å²) >= 11 is 0. The van der Waals surface area contributed by atoms with Crippen LogP contribution in [-0.2, 0) is 4.79 Å². The van der Waals surface area contributed by atoms with Crippen LogP contribution in [0.1, 0.15) is 0 Å². The van der Waals surface area contributed by atoms with E-state index in [1.54, 1.807) is 23.6 Å². The van der Waals surface area contributed by atoms with Crippen LogP contribution >= 0.6 is 0 Å². The largest absolute Gasteiger partial charge is 0.471 e. The topological polar surface area (TPSA) is 74.6 Å². The first kappa shape index (κ1) is 16.0. The Hall–Kier alpha value is -2.36. The minimum absolute atomic E-state index is 0.326. The number of fused-ring (bicyclic) bond motifs is 1. The number of likely N-dealkylation sites (N-methyl/N-ethyl adjacent to an activating group) is 1. The van der Waals surface area contributed by atoms with Gasteiger partial charge in [-0.25, -0.2) is 4.52 Å². The standard InChI is InChI=1S/C12H15F3N6O/c1-20(2)6-4-16-8-3-5-21-9(7-8)17-11(19-21)18-10(22)12(13,14)15/h3,5,7,16H,4,6H2,1-2H3,(H,18,19,22). The molecule has 0 atom stereocenters. The van der Waals surface area contributed by atoms with Gasteiger partial charge in [0.2, 0.25) is 5.95 Å². The average molecular weight is 316 g/mol. The van der Waals surface area contributed by atoms with Gasteiger partial charge in [0.15, 0.2) is 5.65 Å². The number of hydrogen-bond acceptors (Lipinski definition) is 5. The first-order valence-electron chi connectivity index (χ1n) is 6.39. The van der Waals surface area contributed by atoms with Crippen molar-refractivity contribution in [3.8, 4) is 0 Å². The molecule has 0 aromatic carbocycles. The van der Waals surface area contributed by atoms with Crippen molar-refractivity contribution in [3.05, 3.63) is 18.3 Å². The van der Waals surface area contributed by atoms with Crippen LogP contribution < -0.4 is 10.6 Å². The van der Waals surface area contributed by atoms with E-state index in [9.17, 15) is 18.0 Å². The normalized spacial score (nSPS) is 11.9. The lowest BCUT2D eigenvalue weighted by molar-refractivity contribution is -0.167. The van der Waals surface area contributed by atoms with Crippen LogP contribution in [0.25, 0.3) is 5.65 Å². The van der Waals surface area contributed by atoms with Crippen LogP contribution in [0.15, 0.2) is 18.3 Å². The highest BCUT2D eigenvalue weighted by Crippen LogP contribution is 2.17. The maximum atomic E-state index is 12.2. The van der Waals surface area contributed by atoms with E-state index in [-0.39, 0.29) is 0 Å². The highest BCUT2D eigenvalue weighted by molar-refractivity contribution is 5.93. The summed E-state index contributed by atoms with van der Waals surface area (Å²) in [5, 5.41) is 8.52. The maximum Gasteiger partial charge on any atom is 0.471 e. The second-order valence-electron chi connectivity index (χ2n) is 4.84. The number of hydrogen-bond donors (Lipinski definition) is 2. The van der Waals surface area contributed by atoms with Gasteiger partial charge < -0.3 is 10.2 Å². The molecule has 10 heteroatoms. The molecule has 2 aromatic heterocycles. The number of aromatic nitrogens is 3. The van der Waals surface area contributed by atoms with Gasteiger partial charge in [-0.1, -0.05) is 0 Å². The number of alkyl halides is 3. The molecular weight excluding hydrogens is 301 g/mol. The number of halogens is 3. The number of rotatable bonds is 5. The maximum absolute atomic E-state index is 12.2. The van der Waals surface area contributed by atoms with Crippen LogP contribution in [0.5, 0.6) is 0 Å². The van der Waals surface area contributed by atoms with Crippen LogP contribution in [-0.4, -0.2) is 58.8 Å². The molecule has 0 saturated carbocycles. The number of carbonyl (C=O) groups excluding carboxylic acids is 1. The zero-order valence-electron chi connectivity index (χ0n) is 12.0. The number of nitrogens with one attached hydrogen (secondary N) is 2. The summed E-state index contributed by atoms with van der Waals surface area (Å²) in [7, 11) is 3.89. The smallest absolute Gasteiger partial charge is 0.384 e. The molecule has 0 bridgehead atoms. The molecule has 0 saturated heterocycles. The van der Waals surface area contributed by atoms with Gasteiger partial charge in [-0.2, -0.15) is 18.2 Å². The molecule has 0 unspecified atom stereocenters. The predicted molar refractivity (Wildman–Crippen MR) is 74.7 cm³/mol. The SMILES string of the molecule is CN(C)CCNc1ccn2nc(NC(=O)C(F)(F)F)nc2c1. The lowest BCUT2D eigenvalue weighted by Crippen LogP contribution is -2.30. The fourth-order valence-electron chi connectivity index (χ4n) is 1.64. The lowest BCUT2D eigenvalue weighted by atomic mass is 10.4. The Labute approximate surface area is 124 Å². The number of carbonyl (C=O) groups is 1. The first-order chi connectivity index (χ1) is 10.3. The number of pyridine rings is 1. The molecule has 0 fully saturated rings. The molecule has 0 aliphatic carbocycles. The van der Waals surface area contributed by atoms with E-state index in [4.69, 9.17) is 0 Å². The van der Waals surface area contributed by atoms with Gasteiger partial charge in [0, 0.05) is 31.0 Å². The minimum atomic E-state index is -4.98. The fourth-order valence-corrected chi connectivity index (χ4v) is 1.64. The summed E-state index contributed by atoms with van der Waals surface area (Å²) < 4.78 is 37.8. The van der Waals surface area contributed by atoms with E-state index in [1.807, 2.05) is 19.0 Å². The highest BCUT2D eigenvalue weighted by atomic mass is 19.4. The molecule has 2 N–H and O–H groups in total. The molecule has 0 spiro atoms. The third-order valence-corrected chi connectivity index (χ3v) is 2.71. The Morgan fingerprint density at radius 3 is 2.77 bits per heavy atom. The van der Waals surface area contributed by atoms with Crippen LogP contribution in [0.2, 0.25) is 0 Å². The molecule has 0 aliphatic heterocycles. The van der Waals surface area contributed by atoms with E-state index in [0.717, 1.165) is 12.2 Å². The van der Waals surface area contributed by atoms with Crippen molar-refractivity contribution in [1.29, 1.82) is 0 Å². The van der Waals surface area contributed by atoms with Gasteiger partial charge in [-0.05, 0) is 20.2 Å². The summed E-state index contributed by atoms with van der Waals surface area (Å²) in [6, 6.07) is 3.35. The van der Waals surface area contributed by atoms with Crippen LogP contribution in [0.3, 0.4) is 0 Å². The van der Waals surface area contributed by atoms with E-state index in [0.29, 0.717) is 12.2 Å². The van der Waals surface area contributed by atoms with Crippen molar-refractivity contribution < 1.29 is 18.0 Å². The molecule has 2 rings (SSSR count). The quantitative estimate of drug-likeness (QED) is 0.867. The summed E-state index contributed by atoms with van der Waals surface area (Å²) in [4.78, 5) is 16.7. The third-order valence-electron chi connectivity index (χ3n) is 2.71. The summed E-state index contributed by atoms with van der Waals surface area (Å²) in [5.74, 6) is -2.50. The van der Waals surface area contributed by atoms with Gasteiger partial charge in [0.1, 0.15) is 0 Å². The van der Waals surface area contributed by atoms with Crippen molar-refractivity contribution in [1.82, 2.24) is 19.5 Å². The summed E-state index contributed by atoms with van der Waals surface area (Å²) in [6.45, 7) is 1.53. The zero-order valence-corrected chi connectivity index (χ0v) is 12.0. The van der Waals surface area contributed by atoms with E-state index < -0.39 is 18.0 Å². The Bertz CT molecular complexity index is 666. The lowest BCUT2D eigenvalue weighted by Gasteiger charge is -2.11.